The van der Waals surface area contributed by atoms with Gasteiger partial charge in [-0.2, -0.15) is 0 Å². The molecule has 1 atom stereocenters. The Morgan fingerprint density at radius 2 is 1.70 bits per heavy atom. The van der Waals surface area contributed by atoms with Gasteiger partial charge in [-0.15, -0.1) is 0 Å². The number of amides is 1. The first-order chi connectivity index (χ1) is 13.0. The summed E-state index contributed by atoms with van der Waals surface area (Å²) < 4.78 is 21.8. The van der Waals surface area contributed by atoms with E-state index in [-0.39, 0.29) is 5.91 Å². The van der Waals surface area contributed by atoms with Crippen LogP contribution in [0.2, 0.25) is 0 Å². The predicted octanol–water partition coefficient (Wildman–Crippen LogP) is 3.49. The summed E-state index contributed by atoms with van der Waals surface area (Å²) in [6.07, 6.45) is 0.00325. The largest absolute Gasteiger partial charge is 0.493 e. The zero-order valence-corrected chi connectivity index (χ0v) is 16.5. The Labute approximate surface area is 160 Å². The number of rotatable bonds is 9. The molecule has 6 nitrogen and oxygen atoms in total. The van der Waals surface area contributed by atoms with Gasteiger partial charge in [-0.25, -0.2) is 0 Å². The van der Waals surface area contributed by atoms with Crippen LogP contribution in [0.1, 0.15) is 24.5 Å². The van der Waals surface area contributed by atoms with Gasteiger partial charge in [-0.05, 0) is 48.7 Å². The molecule has 0 heterocycles. The number of ether oxygens (including phenoxy) is 4. The first-order valence-corrected chi connectivity index (χ1v) is 8.82. The van der Waals surface area contributed by atoms with Crippen molar-refractivity contribution in [1.29, 1.82) is 0 Å². The van der Waals surface area contributed by atoms with Crippen LogP contribution in [0.4, 0.5) is 0 Å². The molecule has 0 aliphatic rings. The third-order valence-electron chi connectivity index (χ3n) is 4.12. The van der Waals surface area contributed by atoms with Crippen LogP contribution in [-0.2, 0) is 11.3 Å². The van der Waals surface area contributed by atoms with Crippen molar-refractivity contribution in [3.8, 4) is 23.0 Å². The van der Waals surface area contributed by atoms with Gasteiger partial charge in [0.2, 0.25) is 5.75 Å². The average Bonchev–Trinajstić information content (AvgIpc) is 2.69. The lowest BCUT2D eigenvalue weighted by atomic mass is 10.1. The van der Waals surface area contributed by atoms with Crippen molar-refractivity contribution in [3.05, 3.63) is 47.5 Å². The minimum atomic E-state index is -0.561. The molecule has 0 saturated carbocycles. The zero-order chi connectivity index (χ0) is 19.8. The smallest absolute Gasteiger partial charge is 0.261 e. The van der Waals surface area contributed by atoms with E-state index in [1.807, 2.05) is 50.2 Å². The van der Waals surface area contributed by atoms with Crippen LogP contribution in [-0.4, -0.2) is 33.3 Å². The molecule has 0 bridgehead atoms. The first-order valence-electron chi connectivity index (χ1n) is 8.82. The van der Waals surface area contributed by atoms with Crippen LogP contribution in [0.3, 0.4) is 0 Å². The fourth-order valence-corrected chi connectivity index (χ4v) is 2.72. The second-order valence-electron chi connectivity index (χ2n) is 6.08. The number of methoxy groups -OCH3 is 3. The number of benzene rings is 2. The van der Waals surface area contributed by atoms with E-state index in [4.69, 9.17) is 18.9 Å². The van der Waals surface area contributed by atoms with Crippen molar-refractivity contribution >= 4 is 5.91 Å². The Kier molecular flexibility index (Phi) is 7.34. The topological polar surface area (TPSA) is 66.0 Å². The van der Waals surface area contributed by atoms with E-state index in [1.54, 1.807) is 21.3 Å². The van der Waals surface area contributed by atoms with Crippen LogP contribution in [0.15, 0.2) is 36.4 Å². The van der Waals surface area contributed by atoms with E-state index in [0.717, 1.165) is 11.1 Å². The van der Waals surface area contributed by atoms with Gasteiger partial charge in [0, 0.05) is 6.54 Å². The maximum Gasteiger partial charge on any atom is 0.261 e. The second kappa shape index (κ2) is 9.71. The molecular weight excluding hydrogens is 346 g/mol. The minimum Gasteiger partial charge on any atom is -0.493 e. The van der Waals surface area contributed by atoms with E-state index in [1.165, 1.54) is 0 Å². The van der Waals surface area contributed by atoms with E-state index >= 15 is 0 Å². The van der Waals surface area contributed by atoms with Crippen molar-refractivity contribution in [2.24, 2.45) is 0 Å². The molecular formula is C21H27NO5. The van der Waals surface area contributed by atoms with Crippen LogP contribution in [0.5, 0.6) is 23.0 Å². The zero-order valence-electron chi connectivity index (χ0n) is 16.5. The predicted molar refractivity (Wildman–Crippen MR) is 104 cm³/mol. The van der Waals surface area contributed by atoms with E-state index in [9.17, 15) is 4.79 Å². The van der Waals surface area contributed by atoms with E-state index in [2.05, 4.69) is 5.32 Å². The maximum absolute atomic E-state index is 12.5. The molecule has 6 heteroatoms. The maximum atomic E-state index is 12.5. The molecule has 0 radical (unpaired) electrons. The molecule has 2 rings (SSSR count). The van der Waals surface area contributed by atoms with Gasteiger partial charge >= 0.3 is 0 Å². The summed E-state index contributed by atoms with van der Waals surface area (Å²) in [5.74, 6) is 2.12. The highest BCUT2D eigenvalue weighted by Gasteiger charge is 2.19. The molecule has 0 aromatic heterocycles. The van der Waals surface area contributed by atoms with Crippen molar-refractivity contribution < 1.29 is 23.7 Å². The minimum absolute atomic E-state index is 0.173. The summed E-state index contributed by atoms with van der Waals surface area (Å²) in [6.45, 7) is 4.22. The number of nitrogens with one attached hydrogen (secondary N) is 1. The van der Waals surface area contributed by atoms with E-state index < -0.39 is 6.10 Å². The van der Waals surface area contributed by atoms with Gasteiger partial charge < -0.3 is 24.3 Å². The van der Waals surface area contributed by atoms with Crippen LogP contribution < -0.4 is 24.3 Å². The molecule has 1 N–H and O–H groups in total. The molecule has 27 heavy (non-hydrogen) atoms. The molecule has 0 aliphatic heterocycles. The number of hydrogen-bond donors (Lipinski definition) is 1. The molecule has 2 aromatic rings. The molecule has 0 fully saturated rings. The number of carbonyl (C=O) groups excluding carboxylic acids is 1. The Bertz CT molecular complexity index is 750. The molecule has 0 spiro atoms. The Hall–Kier alpha value is -2.89. The SMILES string of the molecule is CC[C@@H](Oc1cccc(C)c1)C(=O)NCc1cc(OC)c(OC)c(OC)c1. The van der Waals surface area contributed by atoms with Gasteiger partial charge in [-0.1, -0.05) is 19.1 Å². The van der Waals surface area contributed by atoms with Gasteiger partial charge in [0.1, 0.15) is 5.75 Å². The summed E-state index contributed by atoms with van der Waals surface area (Å²) in [7, 11) is 4.67. The molecule has 2 aromatic carbocycles. The Morgan fingerprint density at radius 3 is 2.22 bits per heavy atom. The van der Waals surface area contributed by atoms with Gasteiger partial charge in [0.25, 0.3) is 5.91 Å². The third-order valence-corrected chi connectivity index (χ3v) is 4.12. The quantitative estimate of drug-likeness (QED) is 0.729. The fourth-order valence-electron chi connectivity index (χ4n) is 2.72. The van der Waals surface area contributed by atoms with Crippen molar-refractivity contribution in [2.75, 3.05) is 21.3 Å². The first kappa shape index (κ1) is 20.4. The molecule has 0 unspecified atom stereocenters. The van der Waals surface area contributed by atoms with Gasteiger partial charge in [-0.3, -0.25) is 4.79 Å². The Morgan fingerprint density at radius 1 is 1.04 bits per heavy atom. The van der Waals surface area contributed by atoms with Crippen molar-refractivity contribution in [1.82, 2.24) is 5.32 Å². The second-order valence-corrected chi connectivity index (χ2v) is 6.08. The van der Waals surface area contributed by atoms with Crippen LogP contribution in [0.25, 0.3) is 0 Å². The number of carbonyl (C=O) groups is 1. The summed E-state index contributed by atoms with van der Waals surface area (Å²) >= 11 is 0. The lowest BCUT2D eigenvalue weighted by molar-refractivity contribution is -0.128. The summed E-state index contributed by atoms with van der Waals surface area (Å²) in [5.41, 5.74) is 1.92. The standard InChI is InChI=1S/C21H27NO5/c1-6-17(27-16-9-7-8-14(2)10-16)21(23)22-13-15-11-18(24-3)20(26-5)19(12-15)25-4/h7-12,17H,6,13H2,1-5H3,(H,22,23)/t17-/m1/s1. The highest BCUT2D eigenvalue weighted by Crippen LogP contribution is 2.38. The normalized spacial score (nSPS) is 11.4. The molecule has 146 valence electrons. The van der Waals surface area contributed by atoms with Crippen molar-refractivity contribution in [2.45, 2.75) is 32.9 Å². The monoisotopic (exact) mass is 373 g/mol. The Balaban J connectivity index is 2.07. The lowest BCUT2D eigenvalue weighted by Gasteiger charge is -2.18. The van der Waals surface area contributed by atoms with Gasteiger partial charge in [0.05, 0.1) is 21.3 Å². The number of hydrogen-bond acceptors (Lipinski definition) is 5. The van der Waals surface area contributed by atoms with E-state index in [0.29, 0.717) is 36.0 Å². The molecule has 1 amide bonds. The molecule has 0 aliphatic carbocycles. The van der Waals surface area contributed by atoms with Crippen molar-refractivity contribution in [3.63, 3.8) is 0 Å². The summed E-state index contributed by atoms with van der Waals surface area (Å²) in [5, 5.41) is 2.91. The summed E-state index contributed by atoms with van der Waals surface area (Å²) in [6, 6.07) is 11.3. The highest BCUT2D eigenvalue weighted by molar-refractivity contribution is 5.81. The molecule has 0 saturated heterocycles. The third kappa shape index (κ3) is 5.29. The summed E-state index contributed by atoms with van der Waals surface area (Å²) in [4.78, 5) is 12.5. The fraction of sp³-hybridized carbons (Fsp3) is 0.381. The van der Waals surface area contributed by atoms with Crippen LogP contribution >= 0.6 is 0 Å². The number of aryl methyl sites for hydroxylation is 1. The highest BCUT2D eigenvalue weighted by atomic mass is 16.5. The van der Waals surface area contributed by atoms with Crippen LogP contribution in [0, 0.1) is 6.92 Å². The lowest BCUT2D eigenvalue weighted by Crippen LogP contribution is -2.37. The van der Waals surface area contributed by atoms with Gasteiger partial charge in [0.15, 0.2) is 17.6 Å². The average molecular weight is 373 g/mol.